The predicted molar refractivity (Wildman–Crippen MR) is 357 cm³/mol. The summed E-state index contributed by atoms with van der Waals surface area (Å²) in [5, 5.41) is 0. The van der Waals surface area contributed by atoms with Crippen molar-refractivity contribution in [3.05, 3.63) is 122 Å². The van der Waals surface area contributed by atoms with E-state index in [0.29, 0.717) is 19.3 Å². The SMILES string of the molecule is CC/C=C\C/C=C\C/C=C\C/C=C\C/C=C\C/C=C\C/C=C\CCCCCCCCCCCCCC(=O)OCC(COC(=O)CCCCCCCCCC)OC(=O)CCCCCCCCCC/C=C\C/C=C\C/C=C\CCCCCCC. The molecule has 0 fully saturated rings. The van der Waals surface area contributed by atoms with E-state index < -0.39 is 6.10 Å². The Bertz CT molecular complexity index is 1690. The van der Waals surface area contributed by atoms with E-state index in [-0.39, 0.29) is 31.1 Å². The molecule has 0 aromatic heterocycles. The summed E-state index contributed by atoms with van der Waals surface area (Å²) in [4.78, 5) is 38.2. The smallest absolute Gasteiger partial charge is 0.306 e. The number of ether oxygens (including phenoxy) is 3. The van der Waals surface area contributed by atoms with Gasteiger partial charge in [0.1, 0.15) is 13.2 Å². The van der Waals surface area contributed by atoms with Crippen molar-refractivity contribution in [2.75, 3.05) is 13.2 Å². The largest absolute Gasteiger partial charge is 0.462 e. The molecule has 0 radical (unpaired) electrons. The van der Waals surface area contributed by atoms with Gasteiger partial charge in [0.25, 0.3) is 0 Å². The number of carbonyl (C=O) groups is 3. The molecule has 0 amide bonds. The van der Waals surface area contributed by atoms with E-state index in [4.69, 9.17) is 14.2 Å². The zero-order valence-electron chi connectivity index (χ0n) is 53.7. The van der Waals surface area contributed by atoms with Gasteiger partial charge in [0.2, 0.25) is 0 Å². The third-order valence-electron chi connectivity index (χ3n) is 14.7. The van der Waals surface area contributed by atoms with Gasteiger partial charge in [-0.3, -0.25) is 14.4 Å². The first kappa shape index (κ1) is 77.8. The van der Waals surface area contributed by atoms with Crippen molar-refractivity contribution in [2.45, 2.75) is 329 Å². The summed E-state index contributed by atoms with van der Waals surface area (Å²) in [6.07, 6.45) is 96.6. The van der Waals surface area contributed by atoms with Gasteiger partial charge >= 0.3 is 17.9 Å². The molecule has 0 bridgehead atoms. The first-order valence-corrected chi connectivity index (χ1v) is 34.5. The van der Waals surface area contributed by atoms with Gasteiger partial charge in [-0.25, -0.2) is 0 Å². The van der Waals surface area contributed by atoms with Crippen molar-refractivity contribution >= 4 is 17.9 Å². The molecule has 0 saturated heterocycles. The molecule has 0 heterocycles. The minimum atomic E-state index is -0.784. The van der Waals surface area contributed by atoms with Crippen LogP contribution in [0.1, 0.15) is 323 Å². The molecule has 0 spiro atoms. The fourth-order valence-electron chi connectivity index (χ4n) is 9.55. The molecule has 0 aliphatic carbocycles. The molecule has 0 aromatic carbocycles. The second-order valence-corrected chi connectivity index (χ2v) is 22.7. The highest BCUT2D eigenvalue weighted by Gasteiger charge is 2.19. The van der Waals surface area contributed by atoms with Crippen LogP contribution in [-0.2, 0) is 28.6 Å². The summed E-state index contributed by atoms with van der Waals surface area (Å²) in [6, 6.07) is 0. The van der Waals surface area contributed by atoms with E-state index in [9.17, 15) is 14.4 Å². The minimum absolute atomic E-state index is 0.0808. The second kappa shape index (κ2) is 69.3. The molecule has 0 rings (SSSR count). The molecule has 468 valence electrons. The second-order valence-electron chi connectivity index (χ2n) is 22.7. The third-order valence-corrected chi connectivity index (χ3v) is 14.7. The van der Waals surface area contributed by atoms with E-state index in [1.165, 1.54) is 161 Å². The molecule has 0 aliphatic heterocycles. The van der Waals surface area contributed by atoms with Crippen LogP contribution in [0.2, 0.25) is 0 Å². The van der Waals surface area contributed by atoms with Gasteiger partial charge in [0, 0.05) is 19.3 Å². The normalized spacial score (nSPS) is 12.9. The number of hydrogen-bond donors (Lipinski definition) is 0. The monoisotopic (exact) mass is 1140 g/mol. The van der Waals surface area contributed by atoms with Crippen LogP contribution in [0.25, 0.3) is 0 Å². The Morgan fingerprint density at radius 3 is 0.744 bits per heavy atom. The molecule has 82 heavy (non-hydrogen) atoms. The lowest BCUT2D eigenvalue weighted by Crippen LogP contribution is -2.30. The Labute approximate surface area is 507 Å². The van der Waals surface area contributed by atoms with Gasteiger partial charge in [-0.05, 0) is 116 Å². The van der Waals surface area contributed by atoms with Crippen LogP contribution in [0.15, 0.2) is 122 Å². The first-order chi connectivity index (χ1) is 40.5. The number of rotatable bonds is 62. The quantitative estimate of drug-likeness (QED) is 0.0261. The summed E-state index contributed by atoms with van der Waals surface area (Å²) in [7, 11) is 0. The number of esters is 3. The Morgan fingerprint density at radius 2 is 0.476 bits per heavy atom. The maximum Gasteiger partial charge on any atom is 0.306 e. The van der Waals surface area contributed by atoms with E-state index in [2.05, 4.69) is 142 Å². The van der Waals surface area contributed by atoms with Crippen molar-refractivity contribution in [3.8, 4) is 0 Å². The standard InChI is InChI=1S/C76H128O6/c1-4-7-10-13-16-19-21-23-25-27-29-31-33-34-35-36-37-38-39-40-41-42-44-45-47-49-51-53-55-57-60-63-66-69-75(78)81-72-73(71-80-74(77)68-65-62-59-18-15-12-9-6-3)82-76(79)70-67-64-61-58-56-54-52-50-48-46-43-32-30-28-26-24-22-20-17-14-11-8-5-2/h7,10,16,19,22-25,28-31,34-35,37-38,40-41,43,46,73H,4-6,8-9,11-15,17-18,20-21,26-27,32-33,36,39,42,44-45,47-72H2,1-3H3/b10-7-,19-16-,24-22-,25-23-,30-28-,31-29-,35-34-,38-37-,41-40-,46-43-. The molecule has 6 nitrogen and oxygen atoms in total. The van der Waals surface area contributed by atoms with Crippen LogP contribution in [0.4, 0.5) is 0 Å². The highest BCUT2D eigenvalue weighted by atomic mass is 16.6. The molecular weight excluding hydrogens is 1010 g/mol. The lowest BCUT2D eigenvalue weighted by atomic mass is 10.0. The average molecular weight is 1140 g/mol. The minimum Gasteiger partial charge on any atom is -0.462 e. The number of carbonyl (C=O) groups excluding carboxylic acids is 3. The maximum absolute atomic E-state index is 12.9. The number of unbranched alkanes of at least 4 members (excludes halogenated alkanes) is 31. The molecular formula is C76H128O6. The molecule has 0 aliphatic rings. The van der Waals surface area contributed by atoms with Crippen LogP contribution in [0.3, 0.4) is 0 Å². The Morgan fingerprint density at radius 1 is 0.256 bits per heavy atom. The zero-order valence-corrected chi connectivity index (χ0v) is 53.7. The molecule has 0 aromatic rings. The highest BCUT2D eigenvalue weighted by Crippen LogP contribution is 2.16. The maximum atomic E-state index is 12.9. The summed E-state index contributed by atoms with van der Waals surface area (Å²) in [5.74, 6) is -0.888. The van der Waals surface area contributed by atoms with Crippen molar-refractivity contribution in [3.63, 3.8) is 0 Å². The Balaban J connectivity index is 4.16. The van der Waals surface area contributed by atoms with Crippen molar-refractivity contribution in [2.24, 2.45) is 0 Å². The van der Waals surface area contributed by atoms with Crippen LogP contribution in [0, 0.1) is 0 Å². The van der Waals surface area contributed by atoms with E-state index in [1.54, 1.807) is 0 Å². The average Bonchev–Trinajstić information content (AvgIpc) is 3.47. The van der Waals surface area contributed by atoms with Gasteiger partial charge in [0.15, 0.2) is 6.10 Å². The number of allylic oxidation sites excluding steroid dienone is 20. The van der Waals surface area contributed by atoms with Gasteiger partial charge in [0.05, 0.1) is 0 Å². The van der Waals surface area contributed by atoms with Crippen molar-refractivity contribution < 1.29 is 28.6 Å². The van der Waals surface area contributed by atoms with Crippen LogP contribution >= 0.6 is 0 Å². The van der Waals surface area contributed by atoms with E-state index >= 15 is 0 Å². The van der Waals surface area contributed by atoms with Gasteiger partial charge in [-0.15, -0.1) is 0 Å². The van der Waals surface area contributed by atoms with Crippen molar-refractivity contribution in [1.82, 2.24) is 0 Å². The van der Waals surface area contributed by atoms with Crippen LogP contribution < -0.4 is 0 Å². The van der Waals surface area contributed by atoms with E-state index in [1.807, 2.05) is 0 Å². The Kier molecular flexibility index (Phi) is 65.8. The fraction of sp³-hybridized carbons (Fsp3) is 0.697. The third kappa shape index (κ3) is 66.6. The lowest BCUT2D eigenvalue weighted by Gasteiger charge is -2.18. The van der Waals surface area contributed by atoms with Gasteiger partial charge < -0.3 is 14.2 Å². The summed E-state index contributed by atoms with van der Waals surface area (Å²) in [5.41, 5.74) is 0. The zero-order chi connectivity index (χ0) is 59.2. The van der Waals surface area contributed by atoms with E-state index in [0.717, 1.165) is 122 Å². The number of hydrogen-bond acceptors (Lipinski definition) is 6. The van der Waals surface area contributed by atoms with Crippen LogP contribution in [-0.4, -0.2) is 37.2 Å². The van der Waals surface area contributed by atoms with Gasteiger partial charge in [-0.1, -0.05) is 309 Å². The predicted octanol–water partition coefficient (Wildman–Crippen LogP) is 23.9. The van der Waals surface area contributed by atoms with Crippen LogP contribution in [0.5, 0.6) is 0 Å². The molecule has 6 heteroatoms. The first-order valence-electron chi connectivity index (χ1n) is 34.5. The summed E-state index contributed by atoms with van der Waals surface area (Å²) in [6.45, 7) is 6.50. The highest BCUT2D eigenvalue weighted by molar-refractivity contribution is 5.71. The molecule has 1 unspecified atom stereocenters. The Hall–Kier alpha value is -4.19. The topological polar surface area (TPSA) is 78.9 Å². The molecule has 1 atom stereocenters. The fourth-order valence-corrected chi connectivity index (χ4v) is 9.55. The molecule has 0 saturated carbocycles. The summed E-state index contributed by atoms with van der Waals surface area (Å²) < 4.78 is 16.9. The molecule has 0 N–H and O–H groups in total. The summed E-state index contributed by atoms with van der Waals surface area (Å²) >= 11 is 0. The lowest BCUT2D eigenvalue weighted by molar-refractivity contribution is -0.167. The van der Waals surface area contributed by atoms with Gasteiger partial charge in [-0.2, -0.15) is 0 Å². The van der Waals surface area contributed by atoms with Crippen molar-refractivity contribution in [1.29, 1.82) is 0 Å².